The molecule has 0 fully saturated rings. The third-order valence-corrected chi connectivity index (χ3v) is 6.24. The molecule has 0 saturated heterocycles. The monoisotopic (exact) mass is 438 g/mol. The molecule has 0 radical (unpaired) electrons. The zero-order valence-corrected chi connectivity index (χ0v) is 18.4. The summed E-state index contributed by atoms with van der Waals surface area (Å²) in [6.07, 6.45) is 0.826. The summed E-state index contributed by atoms with van der Waals surface area (Å²) in [5.74, 6) is 0.655. The van der Waals surface area contributed by atoms with Crippen LogP contribution in [0.5, 0.6) is 5.75 Å². The van der Waals surface area contributed by atoms with Crippen molar-refractivity contribution in [2.75, 3.05) is 11.8 Å². The van der Waals surface area contributed by atoms with Gasteiger partial charge in [-0.25, -0.2) is 8.42 Å². The fraction of sp³-hybridized carbons (Fsp3) is 0.208. The summed E-state index contributed by atoms with van der Waals surface area (Å²) in [5.41, 5.74) is 3.37. The molecule has 0 aliphatic carbocycles. The molecule has 0 aliphatic rings. The quantitative estimate of drug-likeness (QED) is 0.528. The minimum Gasteiger partial charge on any atom is -0.496 e. The number of ether oxygens (including phenoxy) is 1. The number of hydrogen-bond donors (Lipinski definition) is 2. The highest BCUT2D eigenvalue weighted by molar-refractivity contribution is 7.92. The highest BCUT2D eigenvalue weighted by Gasteiger charge is 2.14. The smallest absolute Gasteiger partial charge is 0.261 e. The molecule has 0 bridgehead atoms. The van der Waals surface area contributed by atoms with Gasteiger partial charge in [0, 0.05) is 24.2 Å². The minimum absolute atomic E-state index is 0.0800. The van der Waals surface area contributed by atoms with Gasteiger partial charge in [-0.1, -0.05) is 48.0 Å². The third-order valence-electron chi connectivity index (χ3n) is 4.85. The molecule has 0 heterocycles. The van der Waals surface area contributed by atoms with E-state index in [9.17, 15) is 13.2 Å². The molecule has 2 N–H and O–H groups in total. The third kappa shape index (κ3) is 6.33. The predicted octanol–water partition coefficient (Wildman–Crippen LogP) is 4.05. The lowest BCUT2D eigenvalue weighted by Crippen LogP contribution is -2.23. The molecule has 162 valence electrons. The van der Waals surface area contributed by atoms with Gasteiger partial charge < -0.3 is 10.1 Å². The number of hydrogen-bond acceptors (Lipinski definition) is 4. The minimum atomic E-state index is -3.66. The van der Waals surface area contributed by atoms with Crippen LogP contribution in [0.15, 0.2) is 77.7 Å². The molecule has 6 nitrogen and oxygen atoms in total. The number of anilines is 1. The van der Waals surface area contributed by atoms with E-state index >= 15 is 0 Å². The summed E-state index contributed by atoms with van der Waals surface area (Å²) in [7, 11) is -2.06. The van der Waals surface area contributed by atoms with Crippen molar-refractivity contribution in [3.05, 3.63) is 89.5 Å². The molecule has 1 amide bonds. The van der Waals surface area contributed by atoms with Crippen molar-refractivity contribution in [3.63, 3.8) is 0 Å². The number of nitrogens with one attached hydrogen (secondary N) is 2. The maximum atomic E-state index is 12.6. The summed E-state index contributed by atoms with van der Waals surface area (Å²) in [5, 5.41) is 2.89. The molecular formula is C24H26N2O4S. The highest BCUT2D eigenvalue weighted by Crippen LogP contribution is 2.18. The first-order chi connectivity index (χ1) is 14.9. The zero-order valence-electron chi connectivity index (χ0n) is 17.6. The van der Waals surface area contributed by atoms with Gasteiger partial charge in [-0.05, 0) is 49.2 Å². The normalized spacial score (nSPS) is 11.0. The Morgan fingerprint density at radius 3 is 2.29 bits per heavy atom. The van der Waals surface area contributed by atoms with Crippen molar-refractivity contribution in [1.82, 2.24) is 5.32 Å². The summed E-state index contributed by atoms with van der Waals surface area (Å²) in [6, 6.07) is 21.3. The van der Waals surface area contributed by atoms with E-state index in [4.69, 9.17) is 4.74 Å². The molecule has 3 aromatic rings. The first-order valence-electron chi connectivity index (χ1n) is 9.94. The summed E-state index contributed by atoms with van der Waals surface area (Å²) in [4.78, 5) is 12.4. The van der Waals surface area contributed by atoms with E-state index < -0.39 is 10.0 Å². The number of carbonyl (C=O) groups excluding carboxylic acids is 1. The Morgan fingerprint density at radius 2 is 1.61 bits per heavy atom. The Hall–Kier alpha value is -3.32. The van der Waals surface area contributed by atoms with Crippen LogP contribution in [0.3, 0.4) is 0 Å². The number of rotatable bonds is 9. The Kier molecular flexibility index (Phi) is 7.31. The average Bonchev–Trinajstić information content (AvgIpc) is 2.78. The number of aryl methyl sites for hydroxylation is 2. The van der Waals surface area contributed by atoms with E-state index in [1.807, 2.05) is 43.3 Å². The molecule has 0 atom stereocenters. The van der Waals surface area contributed by atoms with Gasteiger partial charge in [0.15, 0.2) is 0 Å². The van der Waals surface area contributed by atoms with Gasteiger partial charge in [0.1, 0.15) is 5.75 Å². The van der Waals surface area contributed by atoms with Crippen molar-refractivity contribution < 1.29 is 17.9 Å². The van der Waals surface area contributed by atoms with E-state index in [0.717, 1.165) is 22.4 Å². The van der Waals surface area contributed by atoms with Crippen LogP contribution in [-0.4, -0.2) is 21.4 Å². The van der Waals surface area contributed by atoms with Crippen LogP contribution < -0.4 is 14.8 Å². The van der Waals surface area contributed by atoms with E-state index in [2.05, 4.69) is 10.0 Å². The fourth-order valence-corrected chi connectivity index (χ4v) is 4.12. The van der Waals surface area contributed by atoms with Gasteiger partial charge in [0.05, 0.1) is 12.0 Å². The van der Waals surface area contributed by atoms with Gasteiger partial charge in [-0.2, -0.15) is 0 Å². The Morgan fingerprint density at radius 1 is 0.935 bits per heavy atom. The molecule has 0 aromatic heterocycles. The fourth-order valence-electron chi connectivity index (χ4n) is 3.06. The van der Waals surface area contributed by atoms with Crippen LogP contribution in [0.4, 0.5) is 5.69 Å². The van der Waals surface area contributed by atoms with Crippen LogP contribution >= 0.6 is 0 Å². The zero-order chi connectivity index (χ0) is 22.3. The lowest BCUT2D eigenvalue weighted by molar-refractivity contribution is -0.121. The topological polar surface area (TPSA) is 84.5 Å². The lowest BCUT2D eigenvalue weighted by Gasteiger charge is -2.10. The standard InChI is InChI=1S/C24H26N2O4S/c1-18-7-12-21(13-8-18)26-31(28,29)22-14-9-19(10-15-22)11-16-24(27)25-17-20-5-3-4-6-23(20)30-2/h3-10,12-15,26H,11,16-17H2,1-2H3,(H,25,27). The second kappa shape index (κ2) is 10.1. The second-order valence-electron chi connectivity index (χ2n) is 7.20. The first-order valence-corrected chi connectivity index (χ1v) is 11.4. The van der Waals surface area contributed by atoms with Gasteiger partial charge in [0.2, 0.25) is 5.91 Å². The van der Waals surface area contributed by atoms with Crippen molar-refractivity contribution in [2.45, 2.75) is 31.2 Å². The molecule has 0 unspecified atom stereocenters. The molecule has 7 heteroatoms. The van der Waals surface area contributed by atoms with Crippen molar-refractivity contribution in [1.29, 1.82) is 0 Å². The molecule has 0 aliphatic heterocycles. The maximum absolute atomic E-state index is 12.6. The molecule has 3 rings (SSSR count). The number of methoxy groups -OCH3 is 1. The van der Waals surface area contributed by atoms with Crippen molar-refractivity contribution >= 4 is 21.6 Å². The number of carbonyl (C=O) groups is 1. The Bertz CT molecular complexity index is 1130. The van der Waals surface area contributed by atoms with Gasteiger partial charge in [-0.15, -0.1) is 0 Å². The van der Waals surface area contributed by atoms with Crippen LogP contribution in [0.1, 0.15) is 23.1 Å². The van der Waals surface area contributed by atoms with E-state index in [-0.39, 0.29) is 10.8 Å². The molecule has 31 heavy (non-hydrogen) atoms. The number of benzene rings is 3. The molecule has 0 saturated carbocycles. The number of amides is 1. The van der Waals surface area contributed by atoms with Crippen molar-refractivity contribution in [3.8, 4) is 5.75 Å². The number of para-hydroxylation sites is 1. The molecular weight excluding hydrogens is 412 g/mol. The summed E-state index contributed by atoms with van der Waals surface area (Å²) >= 11 is 0. The first kappa shape index (κ1) is 22.4. The SMILES string of the molecule is COc1ccccc1CNC(=O)CCc1ccc(S(=O)(=O)Nc2ccc(C)cc2)cc1. The lowest BCUT2D eigenvalue weighted by atomic mass is 10.1. The maximum Gasteiger partial charge on any atom is 0.261 e. The van der Waals surface area contributed by atoms with Gasteiger partial charge in [0.25, 0.3) is 10.0 Å². The predicted molar refractivity (Wildman–Crippen MR) is 122 cm³/mol. The van der Waals surface area contributed by atoms with Crippen LogP contribution in [-0.2, 0) is 27.8 Å². The summed E-state index contributed by atoms with van der Waals surface area (Å²) in [6.45, 7) is 2.33. The second-order valence-corrected chi connectivity index (χ2v) is 8.89. The van der Waals surface area contributed by atoms with Crippen LogP contribution in [0.25, 0.3) is 0 Å². The van der Waals surface area contributed by atoms with E-state index in [0.29, 0.717) is 25.1 Å². The van der Waals surface area contributed by atoms with E-state index in [1.54, 1.807) is 43.5 Å². The van der Waals surface area contributed by atoms with Gasteiger partial charge in [-0.3, -0.25) is 9.52 Å². The summed E-state index contributed by atoms with van der Waals surface area (Å²) < 4.78 is 33.0. The number of sulfonamides is 1. The van der Waals surface area contributed by atoms with Crippen molar-refractivity contribution in [2.24, 2.45) is 0 Å². The van der Waals surface area contributed by atoms with Gasteiger partial charge >= 0.3 is 0 Å². The molecule has 0 spiro atoms. The van der Waals surface area contributed by atoms with E-state index in [1.165, 1.54) is 0 Å². The Balaban J connectivity index is 1.53. The molecule has 3 aromatic carbocycles. The highest BCUT2D eigenvalue weighted by atomic mass is 32.2. The van der Waals surface area contributed by atoms with Crippen LogP contribution in [0, 0.1) is 6.92 Å². The van der Waals surface area contributed by atoms with Crippen LogP contribution in [0.2, 0.25) is 0 Å². The Labute approximate surface area is 183 Å². The largest absolute Gasteiger partial charge is 0.496 e. The average molecular weight is 439 g/mol.